The summed E-state index contributed by atoms with van der Waals surface area (Å²) in [6.07, 6.45) is 3.36. The predicted molar refractivity (Wildman–Crippen MR) is 119 cm³/mol. The minimum Gasteiger partial charge on any atom is -0.508 e. The van der Waals surface area contributed by atoms with Crippen molar-refractivity contribution < 1.29 is 9.84 Å². The molecule has 0 saturated heterocycles. The molecular weight excluding hydrogens is 356 g/mol. The number of aromatic hydroxyl groups is 1. The Morgan fingerprint density at radius 1 is 1.03 bits per heavy atom. The van der Waals surface area contributed by atoms with Crippen LogP contribution in [0.2, 0.25) is 0 Å². The van der Waals surface area contributed by atoms with Crippen LogP contribution in [0.15, 0.2) is 60.7 Å². The maximum Gasteiger partial charge on any atom is 0.123 e. The number of ether oxygens (including phenoxy) is 1. The lowest BCUT2D eigenvalue weighted by atomic mass is 9.76. The van der Waals surface area contributed by atoms with Crippen molar-refractivity contribution in [1.82, 2.24) is 0 Å². The highest BCUT2D eigenvalue weighted by molar-refractivity contribution is 5.50. The Bertz CT molecular complexity index is 989. The van der Waals surface area contributed by atoms with Gasteiger partial charge < -0.3 is 9.84 Å². The number of aryl methyl sites for hydroxylation is 2. The Morgan fingerprint density at radius 3 is 2.59 bits per heavy atom. The summed E-state index contributed by atoms with van der Waals surface area (Å²) in [4.78, 5) is 0. The van der Waals surface area contributed by atoms with E-state index in [-0.39, 0.29) is 0 Å². The first-order chi connectivity index (χ1) is 14.0. The molecule has 0 saturated carbocycles. The molecule has 1 N–H and O–H groups in total. The molecule has 3 aromatic rings. The van der Waals surface area contributed by atoms with Gasteiger partial charge >= 0.3 is 0 Å². The van der Waals surface area contributed by atoms with Gasteiger partial charge in [-0.3, -0.25) is 0 Å². The number of benzene rings is 3. The van der Waals surface area contributed by atoms with Gasteiger partial charge in [0.05, 0.1) is 0 Å². The fourth-order valence-corrected chi connectivity index (χ4v) is 4.63. The number of hydrogen-bond donors (Lipinski definition) is 1. The molecule has 2 nitrogen and oxygen atoms in total. The molecule has 2 heteroatoms. The number of rotatable bonds is 5. The third-order valence-corrected chi connectivity index (χ3v) is 6.04. The van der Waals surface area contributed by atoms with E-state index in [4.69, 9.17) is 4.74 Å². The second-order valence-corrected chi connectivity index (χ2v) is 8.51. The molecule has 0 aliphatic heterocycles. The summed E-state index contributed by atoms with van der Waals surface area (Å²) in [7, 11) is 0. The van der Waals surface area contributed by atoms with Crippen molar-refractivity contribution in [2.45, 2.75) is 58.5 Å². The normalized spacial score (nSPS) is 15.9. The molecule has 3 aromatic carbocycles. The summed E-state index contributed by atoms with van der Waals surface area (Å²) in [5.74, 6) is 2.14. The summed E-state index contributed by atoms with van der Waals surface area (Å²) in [6, 6.07) is 20.9. The average Bonchev–Trinajstić information content (AvgIpc) is 2.72. The van der Waals surface area contributed by atoms with E-state index >= 15 is 0 Å². The summed E-state index contributed by atoms with van der Waals surface area (Å²) >= 11 is 0. The third kappa shape index (κ3) is 4.17. The highest BCUT2D eigenvalue weighted by atomic mass is 16.5. The summed E-state index contributed by atoms with van der Waals surface area (Å²) in [5.41, 5.74) is 7.71. The van der Waals surface area contributed by atoms with Crippen molar-refractivity contribution in [1.29, 1.82) is 0 Å². The van der Waals surface area contributed by atoms with Crippen molar-refractivity contribution in [3.63, 3.8) is 0 Å². The van der Waals surface area contributed by atoms with Gasteiger partial charge in [-0.05, 0) is 83.7 Å². The van der Waals surface area contributed by atoms with Gasteiger partial charge in [-0.15, -0.1) is 0 Å². The van der Waals surface area contributed by atoms with Gasteiger partial charge in [-0.25, -0.2) is 0 Å². The highest BCUT2D eigenvalue weighted by Gasteiger charge is 2.25. The first-order valence-electron chi connectivity index (χ1n) is 10.7. The van der Waals surface area contributed by atoms with Gasteiger partial charge in [0.15, 0.2) is 0 Å². The molecule has 1 aliphatic rings. The van der Waals surface area contributed by atoms with Gasteiger partial charge in [0.2, 0.25) is 0 Å². The van der Waals surface area contributed by atoms with Crippen LogP contribution in [-0.2, 0) is 13.0 Å². The van der Waals surface area contributed by atoms with Crippen LogP contribution in [0.25, 0.3) is 0 Å². The zero-order chi connectivity index (χ0) is 20.4. The SMILES string of the molecule is Cc1cc(O)cc2c1C(c1ccc(OCc3ccccc3)c(C(C)C)c1)CCC2. The smallest absolute Gasteiger partial charge is 0.123 e. The van der Waals surface area contributed by atoms with Gasteiger partial charge in [0.25, 0.3) is 0 Å². The van der Waals surface area contributed by atoms with Crippen molar-refractivity contribution >= 4 is 0 Å². The van der Waals surface area contributed by atoms with Crippen molar-refractivity contribution in [2.24, 2.45) is 0 Å². The first-order valence-corrected chi connectivity index (χ1v) is 10.7. The monoisotopic (exact) mass is 386 g/mol. The number of hydrogen-bond acceptors (Lipinski definition) is 2. The van der Waals surface area contributed by atoms with E-state index in [1.807, 2.05) is 30.3 Å². The Labute approximate surface area is 174 Å². The Morgan fingerprint density at radius 2 is 1.83 bits per heavy atom. The lowest BCUT2D eigenvalue weighted by Crippen LogP contribution is -2.13. The van der Waals surface area contributed by atoms with E-state index in [2.05, 4.69) is 51.1 Å². The number of phenolic OH excluding ortho intramolecular Hbond substituents is 1. The molecule has 0 heterocycles. The Balaban J connectivity index is 1.66. The van der Waals surface area contributed by atoms with Crippen LogP contribution in [0.5, 0.6) is 11.5 Å². The van der Waals surface area contributed by atoms with Crippen LogP contribution >= 0.6 is 0 Å². The molecule has 4 rings (SSSR count). The van der Waals surface area contributed by atoms with Crippen LogP contribution < -0.4 is 4.74 Å². The lowest BCUT2D eigenvalue weighted by Gasteiger charge is -2.29. The maximum absolute atomic E-state index is 10.0. The largest absolute Gasteiger partial charge is 0.508 e. The Hall–Kier alpha value is -2.74. The number of fused-ring (bicyclic) bond motifs is 1. The zero-order valence-corrected chi connectivity index (χ0v) is 17.6. The molecule has 1 atom stereocenters. The van der Waals surface area contributed by atoms with Crippen molar-refractivity contribution in [3.05, 3.63) is 94.0 Å². The fraction of sp³-hybridized carbons (Fsp3) is 0.333. The molecule has 29 heavy (non-hydrogen) atoms. The van der Waals surface area contributed by atoms with Crippen LogP contribution in [0.4, 0.5) is 0 Å². The second-order valence-electron chi connectivity index (χ2n) is 8.51. The van der Waals surface area contributed by atoms with Gasteiger partial charge in [-0.1, -0.05) is 56.3 Å². The third-order valence-electron chi connectivity index (χ3n) is 6.04. The maximum atomic E-state index is 10.0. The molecule has 0 radical (unpaired) electrons. The zero-order valence-electron chi connectivity index (χ0n) is 17.6. The minimum absolute atomic E-state index is 0.384. The van der Waals surface area contributed by atoms with Gasteiger partial charge in [0, 0.05) is 5.92 Å². The summed E-state index contributed by atoms with van der Waals surface area (Å²) in [6.45, 7) is 7.17. The molecule has 150 valence electrons. The predicted octanol–water partition coefficient (Wildman–Crippen LogP) is 6.87. The van der Waals surface area contributed by atoms with E-state index in [9.17, 15) is 5.11 Å². The van der Waals surface area contributed by atoms with Crippen molar-refractivity contribution in [2.75, 3.05) is 0 Å². The van der Waals surface area contributed by atoms with Crippen molar-refractivity contribution in [3.8, 4) is 11.5 Å². The number of phenols is 1. The van der Waals surface area contributed by atoms with Crippen LogP contribution in [0, 0.1) is 6.92 Å². The average molecular weight is 387 g/mol. The highest BCUT2D eigenvalue weighted by Crippen LogP contribution is 2.42. The molecule has 0 amide bonds. The quantitative estimate of drug-likeness (QED) is 0.518. The molecule has 0 bridgehead atoms. The van der Waals surface area contributed by atoms with E-state index in [0.29, 0.717) is 24.2 Å². The summed E-state index contributed by atoms with van der Waals surface area (Å²) in [5, 5.41) is 10.0. The van der Waals surface area contributed by atoms with E-state index < -0.39 is 0 Å². The topological polar surface area (TPSA) is 29.5 Å². The van der Waals surface area contributed by atoms with E-state index in [1.54, 1.807) is 0 Å². The van der Waals surface area contributed by atoms with E-state index in [1.165, 1.54) is 33.4 Å². The second kappa shape index (κ2) is 8.32. The lowest BCUT2D eigenvalue weighted by molar-refractivity contribution is 0.301. The molecule has 1 unspecified atom stereocenters. The van der Waals surface area contributed by atoms with Gasteiger partial charge in [-0.2, -0.15) is 0 Å². The van der Waals surface area contributed by atoms with Gasteiger partial charge in [0.1, 0.15) is 18.1 Å². The van der Waals surface area contributed by atoms with Crippen LogP contribution in [-0.4, -0.2) is 5.11 Å². The molecule has 0 fully saturated rings. The molecule has 0 aromatic heterocycles. The molecular formula is C27H30O2. The molecule has 1 aliphatic carbocycles. The van der Waals surface area contributed by atoms with Crippen LogP contribution in [0.3, 0.4) is 0 Å². The first kappa shape index (κ1) is 19.6. The van der Waals surface area contributed by atoms with E-state index in [0.717, 1.165) is 25.0 Å². The fourth-order valence-electron chi connectivity index (χ4n) is 4.63. The Kier molecular flexibility index (Phi) is 5.62. The van der Waals surface area contributed by atoms with Crippen LogP contribution in [0.1, 0.15) is 71.9 Å². The summed E-state index contributed by atoms with van der Waals surface area (Å²) < 4.78 is 6.20. The molecule has 0 spiro atoms. The minimum atomic E-state index is 0.384. The standard InChI is InChI=1S/C27H30O2/c1-18(2)25-16-21(12-13-26(25)29-17-20-8-5-4-6-9-20)24-11-7-10-22-15-23(28)14-19(3)27(22)24/h4-6,8-9,12-16,18,24,28H,7,10-11,17H2,1-3H3.